The first-order chi connectivity index (χ1) is 17.0. The second-order valence-electron chi connectivity index (χ2n) is 12.6. The van der Waals surface area contributed by atoms with Crippen molar-refractivity contribution in [2.75, 3.05) is 13.6 Å². The molecule has 3 heterocycles. The number of likely N-dealkylation sites (N-methyl/N-ethyl adjacent to an activating group) is 1. The molecule has 35 heavy (non-hydrogen) atoms. The summed E-state index contributed by atoms with van der Waals surface area (Å²) >= 11 is 0. The molecule has 1 spiro atoms. The van der Waals surface area contributed by atoms with Gasteiger partial charge >= 0.3 is 0 Å². The van der Waals surface area contributed by atoms with Gasteiger partial charge in [0.25, 0.3) is 0 Å². The van der Waals surface area contributed by atoms with E-state index < -0.39 is 11.0 Å². The Hall–Kier alpha value is -1.98. The van der Waals surface area contributed by atoms with Crippen LogP contribution in [0.25, 0.3) is 0 Å². The standard InChI is InChI=1S/C30H38N2O3/c1-31-14-13-29-25-19-11-12-23(33)27(25)35-28(29)26-21(16-30(29,34)24(31)15-19)20-9-5-6-10-22(20)32(26)17-18-7-3-2-4-8-18/h11-12,18,24,28,33-34H,2-10,13-17H2,1H3/t24-,28-,29-,30+/m0/s1. The zero-order valence-corrected chi connectivity index (χ0v) is 21.0. The molecule has 8 rings (SSSR count). The summed E-state index contributed by atoms with van der Waals surface area (Å²) in [4.78, 5) is 2.40. The van der Waals surface area contributed by atoms with E-state index in [0.717, 1.165) is 56.7 Å². The molecule has 0 unspecified atom stereocenters. The molecule has 4 aliphatic carbocycles. The van der Waals surface area contributed by atoms with Crippen molar-refractivity contribution in [3.05, 3.63) is 45.8 Å². The Morgan fingerprint density at radius 1 is 1.06 bits per heavy atom. The van der Waals surface area contributed by atoms with Crippen LogP contribution in [-0.4, -0.2) is 44.9 Å². The number of nitrogens with zero attached hydrogens (tertiary/aromatic N) is 2. The molecule has 5 heteroatoms. The number of fused-ring (bicyclic) bond motifs is 4. The molecule has 186 valence electrons. The maximum Gasteiger partial charge on any atom is 0.166 e. The maximum absolute atomic E-state index is 12.8. The maximum atomic E-state index is 12.8. The Labute approximate surface area is 208 Å². The fourth-order valence-electron chi connectivity index (χ4n) is 9.50. The van der Waals surface area contributed by atoms with Crippen LogP contribution in [0.15, 0.2) is 12.1 Å². The van der Waals surface area contributed by atoms with Crippen molar-refractivity contribution >= 4 is 0 Å². The van der Waals surface area contributed by atoms with Crippen LogP contribution in [-0.2, 0) is 37.6 Å². The Balaban J connectivity index is 1.38. The van der Waals surface area contributed by atoms with Gasteiger partial charge in [-0.2, -0.15) is 0 Å². The summed E-state index contributed by atoms with van der Waals surface area (Å²) in [7, 11) is 2.19. The molecular weight excluding hydrogens is 436 g/mol. The highest BCUT2D eigenvalue weighted by molar-refractivity contribution is 5.65. The van der Waals surface area contributed by atoms with Gasteiger partial charge in [-0.05, 0) is 93.6 Å². The lowest BCUT2D eigenvalue weighted by atomic mass is 9.49. The van der Waals surface area contributed by atoms with Gasteiger partial charge < -0.3 is 24.4 Å². The molecule has 1 saturated heterocycles. The number of aromatic hydroxyl groups is 1. The van der Waals surface area contributed by atoms with Gasteiger partial charge in [0.2, 0.25) is 0 Å². The fourth-order valence-corrected chi connectivity index (χ4v) is 9.50. The zero-order valence-electron chi connectivity index (χ0n) is 21.0. The number of rotatable bonds is 2. The summed E-state index contributed by atoms with van der Waals surface area (Å²) in [6.07, 6.45) is 13.8. The van der Waals surface area contributed by atoms with Gasteiger partial charge in [-0.3, -0.25) is 0 Å². The number of aliphatic hydroxyl groups is 1. The van der Waals surface area contributed by atoms with Crippen LogP contribution in [0.3, 0.4) is 0 Å². The van der Waals surface area contributed by atoms with E-state index in [1.807, 2.05) is 6.07 Å². The molecule has 2 aliphatic heterocycles. The summed E-state index contributed by atoms with van der Waals surface area (Å²) in [5.74, 6) is 1.64. The number of phenolic OH excluding ortho intramolecular Hbond substituents is 1. The summed E-state index contributed by atoms with van der Waals surface area (Å²) in [6, 6.07) is 3.99. The van der Waals surface area contributed by atoms with Crippen LogP contribution in [0.2, 0.25) is 0 Å². The Bertz CT molecular complexity index is 1200. The predicted molar refractivity (Wildman–Crippen MR) is 134 cm³/mol. The number of hydrogen-bond acceptors (Lipinski definition) is 4. The Morgan fingerprint density at radius 3 is 2.74 bits per heavy atom. The van der Waals surface area contributed by atoms with Gasteiger partial charge in [0.15, 0.2) is 17.6 Å². The van der Waals surface area contributed by atoms with Gasteiger partial charge in [-0.1, -0.05) is 25.3 Å². The van der Waals surface area contributed by atoms with Crippen molar-refractivity contribution in [1.29, 1.82) is 0 Å². The third kappa shape index (κ3) is 2.47. The van der Waals surface area contributed by atoms with Crippen LogP contribution in [0.5, 0.6) is 11.5 Å². The first-order valence-corrected chi connectivity index (χ1v) is 14.2. The number of likely N-dealkylation sites (tertiary alicyclic amines) is 1. The van der Waals surface area contributed by atoms with Crippen molar-refractivity contribution in [2.45, 2.75) is 107 Å². The van der Waals surface area contributed by atoms with Crippen molar-refractivity contribution in [2.24, 2.45) is 5.92 Å². The lowest BCUT2D eigenvalue weighted by Gasteiger charge is -2.62. The first kappa shape index (κ1) is 21.1. The molecular formula is C30H38N2O3. The van der Waals surface area contributed by atoms with Crippen LogP contribution >= 0.6 is 0 Å². The molecule has 5 nitrogen and oxygen atoms in total. The average Bonchev–Trinajstić information content (AvgIpc) is 3.37. The molecule has 2 aromatic rings. The molecule has 6 aliphatic rings. The fraction of sp³-hybridized carbons (Fsp3) is 0.667. The van der Waals surface area contributed by atoms with Gasteiger partial charge in [0.1, 0.15) is 0 Å². The number of benzene rings is 1. The molecule has 0 amide bonds. The highest BCUT2D eigenvalue weighted by atomic mass is 16.5. The summed E-state index contributed by atoms with van der Waals surface area (Å²) in [5.41, 5.74) is 6.88. The normalized spacial score (nSPS) is 35.3. The predicted octanol–water partition coefficient (Wildman–Crippen LogP) is 4.57. The van der Waals surface area contributed by atoms with Crippen LogP contribution in [0, 0.1) is 5.92 Å². The smallest absolute Gasteiger partial charge is 0.166 e. The number of piperidine rings is 1. The molecule has 2 N–H and O–H groups in total. The summed E-state index contributed by atoms with van der Waals surface area (Å²) in [5, 5.41) is 23.8. The molecule has 1 aromatic carbocycles. The monoisotopic (exact) mass is 474 g/mol. The zero-order chi connectivity index (χ0) is 23.5. The first-order valence-electron chi connectivity index (χ1n) is 14.2. The third-order valence-corrected chi connectivity index (χ3v) is 11.1. The van der Waals surface area contributed by atoms with Gasteiger partial charge in [0, 0.05) is 30.3 Å². The topological polar surface area (TPSA) is 57.9 Å². The van der Waals surface area contributed by atoms with Crippen LogP contribution in [0.4, 0.5) is 0 Å². The molecule has 4 atom stereocenters. The molecule has 1 aromatic heterocycles. The summed E-state index contributed by atoms with van der Waals surface area (Å²) in [6.45, 7) is 2.06. The van der Waals surface area contributed by atoms with Gasteiger partial charge in [-0.15, -0.1) is 0 Å². The van der Waals surface area contributed by atoms with E-state index in [1.54, 1.807) is 0 Å². The minimum Gasteiger partial charge on any atom is -0.504 e. The third-order valence-electron chi connectivity index (χ3n) is 11.1. The van der Waals surface area contributed by atoms with Crippen LogP contribution < -0.4 is 4.74 Å². The SMILES string of the molecule is CN1CC[C@]23c4c5ccc(O)c4O[C@H]2c2c(c4c(n2CC2CCCCC2)CCCC4)C[C@@]3(O)[C@@H]1C5. The minimum absolute atomic E-state index is 0.0828. The lowest BCUT2D eigenvalue weighted by molar-refractivity contribution is -0.168. The highest BCUT2D eigenvalue weighted by Crippen LogP contribution is 2.69. The quantitative estimate of drug-likeness (QED) is 0.669. The number of aromatic nitrogens is 1. The van der Waals surface area contributed by atoms with E-state index in [1.165, 1.54) is 73.0 Å². The van der Waals surface area contributed by atoms with E-state index in [4.69, 9.17) is 4.74 Å². The molecule has 2 bridgehead atoms. The molecule has 1 saturated carbocycles. The number of ether oxygens (including phenoxy) is 1. The number of phenols is 1. The van der Waals surface area contributed by atoms with E-state index >= 15 is 0 Å². The van der Waals surface area contributed by atoms with Crippen molar-refractivity contribution in [3.63, 3.8) is 0 Å². The Kier molecular flexibility index (Phi) is 4.27. The number of hydrogen-bond donors (Lipinski definition) is 2. The van der Waals surface area contributed by atoms with Crippen LogP contribution in [0.1, 0.15) is 91.1 Å². The van der Waals surface area contributed by atoms with E-state index in [0.29, 0.717) is 5.75 Å². The second kappa shape index (κ2) is 7.07. The van der Waals surface area contributed by atoms with Crippen molar-refractivity contribution in [3.8, 4) is 11.5 Å². The average molecular weight is 475 g/mol. The molecule has 0 radical (unpaired) electrons. The second-order valence-corrected chi connectivity index (χ2v) is 12.6. The summed E-state index contributed by atoms with van der Waals surface area (Å²) < 4.78 is 9.59. The van der Waals surface area contributed by atoms with Gasteiger partial charge in [-0.25, -0.2) is 0 Å². The van der Waals surface area contributed by atoms with Gasteiger partial charge in [0.05, 0.1) is 16.7 Å². The van der Waals surface area contributed by atoms with E-state index in [2.05, 4.69) is 22.6 Å². The van der Waals surface area contributed by atoms with Crippen molar-refractivity contribution in [1.82, 2.24) is 9.47 Å². The Morgan fingerprint density at radius 2 is 1.89 bits per heavy atom. The highest BCUT2D eigenvalue weighted by Gasteiger charge is 2.72. The van der Waals surface area contributed by atoms with Crippen molar-refractivity contribution < 1.29 is 14.9 Å². The lowest BCUT2D eigenvalue weighted by Crippen LogP contribution is -2.74. The van der Waals surface area contributed by atoms with E-state index in [9.17, 15) is 10.2 Å². The van der Waals surface area contributed by atoms with E-state index in [-0.39, 0.29) is 17.9 Å². The largest absolute Gasteiger partial charge is 0.504 e. The molecule has 2 fully saturated rings. The minimum atomic E-state index is -0.869.